The Bertz CT molecular complexity index is 456. The molecule has 1 heterocycles. The normalized spacial score (nSPS) is 19.5. The Labute approximate surface area is 126 Å². The third kappa shape index (κ3) is 4.27. The number of amides is 1. The first kappa shape index (κ1) is 16.0. The van der Waals surface area contributed by atoms with Crippen molar-refractivity contribution >= 4 is 5.91 Å². The van der Waals surface area contributed by atoms with Gasteiger partial charge in [0, 0.05) is 26.2 Å². The van der Waals surface area contributed by atoms with Crippen molar-refractivity contribution in [1.29, 1.82) is 0 Å². The molecule has 0 radical (unpaired) electrons. The number of halogens is 1. The van der Waals surface area contributed by atoms with Crippen LogP contribution in [-0.4, -0.2) is 41.9 Å². The molecule has 116 valence electrons. The molecule has 0 N–H and O–H groups in total. The lowest BCUT2D eigenvalue weighted by atomic mass is 9.96. The van der Waals surface area contributed by atoms with Gasteiger partial charge in [0.25, 0.3) is 0 Å². The maximum absolute atomic E-state index is 12.9. The number of nitrogens with zero attached hydrogens (tertiary/aromatic N) is 2. The lowest BCUT2D eigenvalue weighted by Crippen LogP contribution is -2.44. The van der Waals surface area contributed by atoms with Crippen LogP contribution in [0.2, 0.25) is 0 Å². The van der Waals surface area contributed by atoms with E-state index in [1.807, 2.05) is 30.9 Å². The fraction of sp³-hybridized carbons (Fsp3) is 0.588. The molecule has 0 bridgehead atoms. The van der Waals surface area contributed by atoms with Crippen molar-refractivity contribution in [1.82, 2.24) is 9.80 Å². The summed E-state index contributed by atoms with van der Waals surface area (Å²) >= 11 is 0. The van der Waals surface area contributed by atoms with Crippen LogP contribution in [0.5, 0.6) is 0 Å². The third-order valence-corrected chi connectivity index (χ3v) is 4.25. The molecule has 0 saturated carbocycles. The molecule has 0 aliphatic carbocycles. The van der Waals surface area contributed by atoms with E-state index in [1.54, 1.807) is 0 Å². The van der Waals surface area contributed by atoms with Crippen molar-refractivity contribution in [3.8, 4) is 0 Å². The Morgan fingerprint density at radius 2 is 1.95 bits per heavy atom. The molecule has 1 atom stereocenters. The highest BCUT2D eigenvalue weighted by molar-refractivity contribution is 5.79. The second-order valence-electron chi connectivity index (χ2n) is 5.71. The molecule has 1 fully saturated rings. The molecule has 21 heavy (non-hydrogen) atoms. The first-order chi connectivity index (χ1) is 10.1. The number of piperidine rings is 1. The number of hydrogen-bond donors (Lipinski definition) is 0. The maximum Gasteiger partial charge on any atom is 0.226 e. The van der Waals surface area contributed by atoms with Crippen LogP contribution in [0.15, 0.2) is 24.3 Å². The molecule has 0 spiro atoms. The molecule has 3 nitrogen and oxygen atoms in total. The number of likely N-dealkylation sites (tertiary alicyclic amines) is 1. The van der Waals surface area contributed by atoms with E-state index in [1.165, 1.54) is 12.1 Å². The molecule has 2 rings (SSSR count). The van der Waals surface area contributed by atoms with E-state index in [0.717, 1.165) is 51.1 Å². The van der Waals surface area contributed by atoms with Crippen LogP contribution in [-0.2, 0) is 11.3 Å². The molecular weight excluding hydrogens is 267 g/mol. The fourth-order valence-corrected chi connectivity index (χ4v) is 3.04. The predicted molar refractivity (Wildman–Crippen MR) is 82.3 cm³/mol. The van der Waals surface area contributed by atoms with Gasteiger partial charge in [0.15, 0.2) is 0 Å². The van der Waals surface area contributed by atoms with Gasteiger partial charge in [0.05, 0.1) is 5.92 Å². The molecule has 1 amide bonds. The van der Waals surface area contributed by atoms with Gasteiger partial charge in [0.2, 0.25) is 5.91 Å². The van der Waals surface area contributed by atoms with Gasteiger partial charge in [-0.3, -0.25) is 9.69 Å². The molecule has 1 aliphatic heterocycles. The second kappa shape index (κ2) is 7.55. The minimum atomic E-state index is -0.202. The zero-order chi connectivity index (χ0) is 15.2. The molecular formula is C17H25FN2O. The van der Waals surface area contributed by atoms with Gasteiger partial charge in [-0.1, -0.05) is 12.1 Å². The monoisotopic (exact) mass is 292 g/mol. The summed E-state index contributed by atoms with van der Waals surface area (Å²) in [4.78, 5) is 16.7. The van der Waals surface area contributed by atoms with Crippen LogP contribution in [0, 0.1) is 11.7 Å². The van der Waals surface area contributed by atoms with E-state index in [0.29, 0.717) is 0 Å². The molecule has 1 aromatic rings. The third-order valence-electron chi connectivity index (χ3n) is 4.25. The van der Waals surface area contributed by atoms with Crippen LogP contribution in [0.25, 0.3) is 0 Å². The van der Waals surface area contributed by atoms with E-state index < -0.39 is 0 Å². The average molecular weight is 292 g/mol. The Morgan fingerprint density at radius 3 is 2.57 bits per heavy atom. The van der Waals surface area contributed by atoms with Gasteiger partial charge in [-0.25, -0.2) is 4.39 Å². The first-order valence-corrected chi connectivity index (χ1v) is 7.89. The van der Waals surface area contributed by atoms with Gasteiger partial charge in [-0.05, 0) is 50.9 Å². The number of benzene rings is 1. The predicted octanol–water partition coefficient (Wildman–Crippen LogP) is 2.91. The summed E-state index contributed by atoms with van der Waals surface area (Å²) in [6, 6.07) is 6.64. The minimum absolute atomic E-state index is 0.110. The summed E-state index contributed by atoms with van der Waals surface area (Å²) in [5.41, 5.74) is 1.10. The van der Waals surface area contributed by atoms with Gasteiger partial charge in [-0.15, -0.1) is 0 Å². The van der Waals surface area contributed by atoms with E-state index in [9.17, 15) is 9.18 Å². The van der Waals surface area contributed by atoms with Crippen LogP contribution >= 0.6 is 0 Å². The molecule has 1 aromatic carbocycles. The van der Waals surface area contributed by atoms with Crippen molar-refractivity contribution in [2.24, 2.45) is 5.92 Å². The highest BCUT2D eigenvalue weighted by Crippen LogP contribution is 2.20. The van der Waals surface area contributed by atoms with Crippen molar-refractivity contribution in [2.45, 2.75) is 33.2 Å². The zero-order valence-electron chi connectivity index (χ0n) is 13.0. The van der Waals surface area contributed by atoms with Crippen LogP contribution in [0.3, 0.4) is 0 Å². The van der Waals surface area contributed by atoms with E-state index in [4.69, 9.17) is 0 Å². The molecule has 0 aromatic heterocycles. The van der Waals surface area contributed by atoms with Crippen molar-refractivity contribution in [2.75, 3.05) is 26.2 Å². The lowest BCUT2D eigenvalue weighted by Gasteiger charge is -2.34. The molecule has 4 heteroatoms. The molecule has 1 unspecified atom stereocenters. The summed E-state index contributed by atoms with van der Waals surface area (Å²) in [5.74, 6) is 0.190. The number of hydrogen-bond acceptors (Lipinski definition) is 2. The summed E-state index contributed by atoms with van der Waals surface area (Å²) in [6.07, 6.45) is 2.04. The Balaban J connectivity index is 1.94. The number of carbonyl (C=O) groups is 1. The zero-order valence-corrected chi connectivity index (χ0v) is 13.0. The van der Waals surface area contributed by atoms with E-state index >= 15 is 0 Å². The van der Waals surface area contributed by atoms with E-state index in [2.05, 4.69) is 4.90 Å². The SMILES string of the molecule is CCN(CC)C(=O)C1CCCN(Cc2ccc(F)cc2)C1. The highest BCUT2D eigenvalue weighted by atomic mass is 19.1. The van der Waals surface area contributed by atoms with Gasteiger partial charge >= 0.3 is 0 Å². The quantitative estimate of drug-likeness (QED) is 0.833. The summed E-state index contributed by atoms with van der Waals surface area (Å²) in [5, 5.41) is 0. The van der Waals surface area contributed by atoms with Crippen LogP contribution < -0.4 is 0 Å². The largest absolute Gasteiger partial charge is 0.343 e. The average Bonchev–Trinajstić information content (AvgIpc) is 2.51. The van der Waals surface area contributed by atoms with Crippen molar-refractivity contribution < 1.29 is 9.18 Å². The van der Waals surface area contributed by atoms with Gasteiger partial charge in [0.1, 0.15) is 5.82 Å². The highest BCUT2D eigenvalue weighted by Gasteiger charge is 2.28. The van der Waals surface area contributed by atoms with Crippen molar-refractivity contribution in [3.63, 3.8) is 0 Å². The Morgan fingerprint density at radius 1 is 1.29 bits per heavy atom. The van der Waals surface area contributed by atoms with Crippen LogP contribution in [0.1, 0.15) is 32.3 Å². The first-order valence-electron chi connectivity index (χ1n) is 7.89. The summed E-state index contributed by atoms with van der Waals surface area (Å²) in [7, 11) is 0. The summed E-state index contributed by atoms with van der Waals surface area (Å²) in [6.45, 7) is 8.24. The summed E-state index contributed by atoms with van der Waals surface area (Å²) < 4.78 is 12.9. The Kier molecular flexibility index (Phi) is 5.74. The minimum Gasteiger partial charge on any atom is -0.343 e. The standard InChI is InChI=1S/C17H25FN2O/c1-3-20(4-2)17(21)15-6-5-11-19(13-15)12-14-7-9-16(18)10-8-14/h7-10,15H,3-6,11-13H2,1-2H3. The van der Waals surface area contributed by atoms with E-state index in [-0.39, 0.29) is 17.6 Å². The number of carbonyl (C=O) groups excluding carboxylic acids is 1. The topological polar surface area (TPSA) is 23.6 Å². The van der Waals surface area contributed by atoms with Gasteiger partial charge in [-0.2, -0.15) is 0 Å². The molecule has 1 aliphatic rings. The lowest BCUT2D eigenvalue weighted by molar-refractivity contribution is -0.137. The maximum atomic E-state index is 12.9. The smallest absolute Gasteiger partial charge is 0.226 e. The molecule has 1 saturated heterocycles. The fourth-order valence-electron chi connectivity index (χ4n) is 3.04. The van der Waals surface area contributed by atoms with Crippen LogP contribution in [0.4, 0.5) is 4.39 Å². The number of rotatable bonds is 5. The second-order valence-corrected chi connectivity index (χ2v) is 5.71. The van der Waals surface area contributed by atoms with Gasteiger partial charge < -0.3 is 4.90 Å². The Hall–Kier alpha value is -1.42. The van der Waals surface area contributed by atoms with Crippen molar-refractivity contribution in [3.05, 3.63) is 35.6 Å².